The molecule has 0 fully saturated rings. The maximum absolute atomic E-state index is 11.0. The Morgan fingerprint density at radius 3 is 2.38 bits per heavy atom. The summed E-state index contributed by atoms with van der Waals surface area (Å²) in [6, 6.07) is 0. The first kappa shape index (κ1) is 12.4. The van der Waals surface area contributed by atoms with Crippen LogP contribution in [0.1, 0.15) is 20.3 Å². The van der Waals surface area contributed by atoms with E-state index < -0.39 is 5.54 Å². The Balaban J connectivity index is 4.07. The molecule has 0 bridgehead atoms. The highest BCUT2D eigenvalue weighted by atomic mass is 32.1. The predicted octanol–water partition coefficient (Wildman–Crippen LogP) is -0.271. The molecule has 0 spiro atoms. The van der Waals surface area contributed by atoms with Crippen LogP contribution in [0.3, 0.4) is 0 Å². The zero-order valence-electron chi connectivity index (χ0n) is 7.96. The van der Waals surface area contributed by atoms with Crippen molar-refractivity contribution >= 4 is 24.3 Å². The van der Waals surface area contributed by atoms with E-state index in [9.17, 15) is 9.59 Å². The van der Waals surface area contributed by atoms with Crippen LogP contribution in [0.5, 0.6) is 0 Å². The molecule has 13 heavy (non-hydrogen) atoms. The van der Waals surface area contributed by atoms with Crippen molar-refractivity contribution in [3.8, 4) is 0 Å². The van der Waals surface area contributed by atoms with Crippen LogP contribution < -0.4 is 11.1 Å². The SMILES string of the molecule is CC(C)(CC(=O)CS)NC(=O)CN. The molecule has 0 rings (SSSR count). The smallest absolute Gasteiger partial charge is 0.234 e. The van der Waals surface area contributed by atoms with E-state index >= 15 is 0 Å². The first-order valence-corrected chi connectivity index (χ1v) is 4.68. The van der Waals surface area contributed by atoms with E-state index in [2.05, 4.69) is 17.9 Å². The molecule has 0 aromatic heterocycles. The minimum absolute atomic E-state index is 0.00524. The summed E-state index contributed by atoms with van der Waals surface area (Å²) in [5.41, 5.74) is 4.60. The lowest BCUT2D eigenvalue weighted by atomic mass is 9.98. The van der Waals surface area contributed by atoms with Gasteiger partial charge in [-0.25, -0.2) is 0 Å². The Labute approximate surface area is 83.7 Å². The van der Waals surface area contributed by atoms with Crippen molar-refractivity contribution in [2.24, 2.45) is 5.73 Å². The van der Waals surface area contributed by atoms with Gasteiger partial charge in [-0.15, -0.1) is 0 Å². The Morgan fingerprint density at radius 2 is 2.00 bits per heavy atom. The molecule has 3 N–H and O–H groups in total. The summed E-state index contributed by atoms with van der Waals surface area (Å²) in [4.78, 5) is 22.0. The summed E-state index contributed by atoms with van der Waals surface area (Å²) in [7, 11) is 0. The van der Waals surface area contributed by atoms with Gasteiger partial charge < -0.3 is 11.1 Å². The summed E-state index contributed by atoms with van der Waals surface area (Å²) >= 11 is 3.85. The fraction of sp³-hybridized carbons (Fsp3) is 0.750. The molecule has 0 unspecified atom stereocenters. The van der Waals surface area contributed by atoms with E-state index in [1.807, 2.05) is 0 Å². The second kappa shape index (κ2) is 5.24. The van der Waals surface area contributed by atoms with Gasteiger partial charge in [0.15, 0.2) is 0 Å². The number of nitrogens with two attached hydrogens (primary N) is 1. The number of amides is 1. The molecule has 0 aromatic carbocycles. The van der Waals surface area contributed by atoms with Crippen molar-refractivity contribution in [1.29, 1.82) is 0 Å². The topological polar surface area (TPSA) is 72.2 Å². The third kappa shape index (κ3) is 5.65. The Kier molecular flexibility index (Phi) is 5.02. The fourth-order valence-corrected chi connectivity index (χ4v) is 1.13. The van der Waals surface area contributed by atoms with Crippen molar-refractivity contribution in [2.45, 2.75) is 25.8 Å². The van der Waals surface area contributed by atoms with Gasteiger partial charge in [0, 0.05) is 17.7 Å². The normalized spacial score (nSPS) is 11.1. The number of nitrogens with one attached hydrogen (secondary N) is 1. The molecule has 0 saturated heterocycles. The molecular formula is C8H16N2O2S. The lowest BCUT2D eigenvalue weighted by Crippen LogP contribution is -2.47. The summed E-state index contributed by atoms with van der Waals surface area (Å²) in [5, 5.41) is 2.65. The minimum atomic E-state index is -0.531. The summed E-state index contributed by atoms with van der Waals surface area (Å²) in [6.07, 6.45) is 0.280. The monoisotopic (exact) mass is 204 g/mol. The van der Waals surface area contributed by atoms with Gasteiger partial charge in [-0.05, 0) is 13.8 Å². The first-order chi connectivity index (χ1) is 5.91. The largest absolute Gasteiger partial charge is 0.350 e. The maximum Gasteiger partial charge on any atom is 0.234 e. The van der Waals surface area contributed by atoms with E-state index in [0.717, 1.165) is 0 Å². The number of Topliss-reactive ketones (excluding diaryl/α,β-unsaturated/α-hetero) is 1. The van der Waals surface area contributed by atoms with E-state index in [0.29, 0.717) is 0 Å². The molecule has 0 aliphatic rings. The molecule has 76 valence electrons. The molecule has 0 aliphatic carbocycles. The van der Waals surface area contributed by atoms with Gasteiger partial charge >= 0.3 is 0 Å². The van der Waals surface area contributed by atoms with Crippen LogP contribution in [0.2, 0.25) is 0 Å². The average molecular weight is 204 g/mol. The quantitative estimate of drug-likeness (QED) is 0.540. The van der Waals surface area contributed by atoms with Crippen LogP contribution in [0.15, 0.2) is 0 Å². The van der Waals surface area contributed by atoms with Crippen LogP contribution in [-0.2, 0) is 9.59 Å². The van der Waals surface area contributed by atoms with Gasteiger partial charge in [-0.2, -0.15) is 12.6 Å². The van der Waals surface area contributed by atoms with Gasteiger partial charge in [0.25, 0.3) is 0 Å². The zero-order valence-corrected chi connectivity index (χ0v) is 8.86. The molecule has 0 radical (unpaired) electrons. The third-order valence-electron chi connectivity index (χ3n) is 1.48. The van der Waals surface area contributed by atoms with Gasteiger partial charge in [-0.3, -0.25) is 9.59 Å². The standard InChI is InChI=1S/C8H16N2O2S/c1-8(2,3-6(11)5-13)10-7(12)4-9/h13H,3-5,9H2,1-2H3,(H,10,12). The van der Waals surface area contributed by atoms with E-state index in [-0.39, 0.29) is 30.4 Å². The van der Waals surface area contributed by atoms with Crippen LogP contribution in [0, 0.1) is 0 Å². The van der Waals surface area contributed by atoms with Crippen LogP contribution in [-0.4, -0.2) is 29.5 Å². The first-order valence-electron chi connectivity index (χ1n) is 4.05. The molecule has 0 heterocycles. The molecule has 0 atom stereocenters. The molecule has 1 amide bonds. The van der Waals surface area contributed by atoms with Crippen molar-refractivity contribution in [2.75, 3.05) is 12.3 Å². The summed E-state index contributed by atoms with van der Waals surface area (Å²) < 4.78 is 0. The van der Waals surface area contributed by atoms with E-state index in [1.54, 1.807) is 13.8 Å². The van der Waals surface area contributed by atoms with Gasteiger partial charge in [0.05, 0.1) is 6.54 Å². The second-order valence-electron chi connectivity index (χ2n) is 3.51. The van der Waals surface area contributed by atoms with Crippen molar-refractivity contribution in [1.82, 2.24) is 5.32 Å². The Hall–Kier alpha value is -0.550. The molecule has 0 aromatic rings. The van der Waals surface area contributed by atoms with Gasteiger partial charge in [-0.1, -0.05) is 0 Å². The minimum Gasteiger partial charge on any atom is -0.350 e. The average Bonchev–Trinajstić information content (AvgIpc) is 2.02. The van der Waals surface area contributed by atoms with Gasteiger partial charge in [0.1, 0.15) is 5.78 Å². The highest BCUT2D eigenvalue weighted by Gasteiger charge is 2.22. The maximum atomic E-state index is 11.0. The van der Waals surface area contributed by atoms with Crippen molar-refractivity contribution in [3.05, 3.63) is 0 Å². The number of carbonyl (C=O) groups is 2. The van der Waals surface area contributed by atoms with E-state index in [1.165, 1.54) is 0 Å². The predicted molar refractivity (Wildman–Crippen MR) is 54.8 cm³/mol. The highest BCUT2D eigenvalue weighted by molar-refractivity contribution is 7.81. The zero-order chi connectivity index (χ0) is 10.5. The highest BCUT2D eigenvalue weighted by Crippen LogP contribution is 2.08. The lowest BCUT2D eigenvalue weighted by Gasteiger charge is -2.24. The molecule has 4 nitrogen and oxygen atoms in total. The Morgan fingerprint density at radius 1 is 1.46 bits per heavy atom. The third-order valence-corrected chi connectivity index (χ3v) is 1.83. The molecule has 0 aliphatic heterocycles. The van der Waals surface area contributed by atoms with Crippen LogP contribution in [0.4, 0.5) is 0 Å². The Bertz CT molecular complexity index is 184. The van der Waals surface area contributed by atoms with Gasteiger partial charge in [0.2, 0.25) is 5.91 Å². The molecular weight excluding hydrogens is 188 g/mol. The number of rotatable bonds is 5. The molecule has 0 saturated carbocycles. The summed E-state index contributed by atoms with van der Waals surface area (Å²) in [6.45, 7) is 3.50. The number of thiol groups is 1. The van der Waals surface area contributed by atoms with Crippen LogP contribution >= 0.6 is 12.6 Å². The fourth-order valence-electron chi connectivity index (χ4n) is 1.02. The summed E-state index contributed by atoms with van der Waals surface area (Å²) in [5.74, 6) is -0.0512. The number of carbonyl (C=O) groups excluding carboxylic acids is 2. The van der Waals surface area contributed by atoms with Crippen LogP contribution in [0.25, 0.3) is 0 Å². The van der Waals surface area contributed by atoms with Crippen molar-refractivity contribution < 1.29 is 9.59 Å². The number of hydrogen-bond donors (Lipinski definition) is 3. The van der Waals surface area contributed by atoms with E-state index in [4.69, 9.17) is 5.73 Å². The molecule has 5 heteroatoms. The van der Waals surface area contributed by atoms with Crippen molar-refractivity contribution in [3.63, 3.8) is 0 Å². The number of hydrogen-bond acceptors (Lipinski definition) is 4. The lowest BCUT2D eigenvalue weighted by molar-refractivity contribution is -0.122. The number of ketones is 1. The second-order valence-corrected chi connectivity index (χ2v) is 3.83.